The fourth-order valence-corrected chi connectivity index (χ4v) is 4.28. The number of carbonyl (C=O) groups is 2. The van der Waals surface area contributed by atoms with Gasteiger partial charge in [0.2, 0.25) is 0 Å². The maximum absolute atomic E-state index is 13.5. The summed E-state index contributed by atoms with van der Waals surface area (Å²) in [5.41, 5.74) is 3.30. The van der Waals surface area contributed by atoms with Crippen LogP contribution in [0.25, 0.3) is 16.5 Å². The quantitative estimate of drug-likeness (QED) is 0.584. The van der Waals surface area contributed by atoms with Crippen LogP contribution in [0.15, 0.2) is 53.5 Å². The Bertz CT molecular complexity index is 1240. The smallest absolute Gasteiger partial charge is 0.309 e. The molecule has 3 aromatic rings. The van der Waals surface area contributed by atoms with Crippen LogP contribution in [-0.2, 0) is 9.53 Å². The second-order valence-corrected chi connectivity index (χ2v) is 8.35. The molecule has 0 aliphatic carbocycles. The molecule has 1 aromatic heterocycles. The summed E-state index contributed by atoms with van der Waals surface area (Å²) >= 11 is 0. The number of benzene rings is 2. The van der Waals surface area contributed by atoms with Crippen molar-refractivity contribution in [2.45, 2.75) is 33.6 Å². The maximum atomic E-state index is 13.5. The van der Waals surface area contributed by atoms with Gasteiger partial charge in [-0.3, -0.25) is 19.0 Å². The van der Waals surface area contributed by atoms with Gasteiger partial charge in [0.05, 0.1) is 18.1 Å². The molecular formula is C26H28N2O4. The first-order valence-electron chi connectivity index (χ1n) is 11.1. The lowest BCUT2D eigenvalue weighted by Crippen LogP contribution is -2.41. The van der Waals surface area contributed by atoms with Gasteiger partial charge in [-0.1, -0.05) is 24.3 Å². The number of amides is 1. The van der Waals surface area contributed by atoms with Crippen molar-refractivity contribution in [3.63, 3.8) is 0 Å². The first kappa shape index (κ1) is 21.8. The van der Waals surface area contributed by atoms with Crippen molar-refractivity contribution in [3.05, 3.63) is 75.7 Å². The molecule has 0 spiro atoms. The van der Waals surface area contributed by atoms with Gasteiger partial charge in [0, 0.05) is 35.7 Å². The summed E-state index contributed by atoms with van der Waals surface area (Å²) in [6.07, 6.45) is 2.83. The summed E-state index contributed by atoms with van der Waals surface area (Å²) in [4.78, 5) is 40.6. The maximum Gasteiger partial charge on any atom is 0.309 e. The van der Waals surface area contributed by atoms with Gasteiger partial charge in [0.25, 0.3) is 11.5 Å². The molecule has 1 aliphatic heterocycles. The van der Waals surface area contributed by atoms with E-state index in [1.807, 2.05) is 50.2 Å². The number of hydrogen-bond donors (Lipinski definition) is 0. The molecule has 166 valence electrons. The standard InChI is InChI=1S/C26H28N2O4/c1-4-32-26(31)19-11-13-27(14-12-19)24(29)23-16-28(20-10-9-17(2)18(3)15-20)25(30)22-8-6-5-7-21(22)23/h5-10,15-16,19H,4,11-14H2,1-3H3. The summed E-state index contributed by atoms with van der Waals surface area (Å²) in [5, 5.41) is 1.16. The molecule has 0 unspecified atom stereocenters. The van der Waals surface area contributed by atoms with Crippen LogP contribution in [-0.4, -0.2) is 41.0 Å². The minimum absolute atomic E-state index is 0.124. The third-order valence-electron chi connectivity index (χ3n) is 6.33. The van der Waals surface area contributed by atoms with Gasteiger partial charge in [0.15, 0.2) is 0 Å². The predicted molar refractivity (Wildman–Crippen MR) is 124 cm³/mol. The van der Waals surface area contributed by atoms with Crippen LogP contribution in [0.1, 0.15) is 41.3 Å². The lowest BCUT2D eigenvalue weighted by Gasteiger charge is -2.31. The third-order valence-corrected chi connectivity index (χ3v) is 6.33. The topological polar surface area (TPSA) is 68.6 Å². The van der Waals surface area contributed by atoms with Crippen molar-refractivity contribution in [2.24, 2.45) is 5.92 Å². The van der Waals surface area contributed by atoms with Crippen LogP contribution in [0.2, 0.25) is 0 Å². The molecule has 6 nitrogen and oxygen atoms in total. The minimum atomic E-state index is -0.187. The SMILES string of the molecule is CCOC(=O)C1CCN(C(=O)c2cn(-c3ccc(C)c(C)c3)c(=O)c3ccccc23)CC1. The highest BCUT2D eigenvalue weighted by atomic mass is 16.5. The van der Waals surface area contributed by atoms with E-state index in [4.69, 9.17) is 4.74 Å². The second-order valence-electron chi connectivity index (χ2n) is 8.35. The molecule has 1 saturated heterocycles. The molecule has 6 heteroatoms. The number of ether oxygens (including phenoxy) is 1. The monoisotopic (exact) mass is 432 g/mol. The molecule has 0 N–H and O–H groups in total. The first-order chi connectivity index (χ1) is 15.4. The Hall–Kier alpha value is -3.41. The highest BCUT2D eigenvalue weighted by Gasteiger charge is 2.29. The summed E-state index contributed by atoms with van der Waals surface area (Å²) in [6, 6.07) is 13.1. The van der Waals surface area contributed by atoms with Crippen molar-refractivity contribution in [2.75, 3.05) is 19.7 Å². The molecule has 32 heavy (non-hydrogen) atoms. The van der Waals surface area contributed by atoms with Crippen molar-refractivity contribution >= 4 is 22.6 Å². The number of aryl methyl sites for hydroxylation is 2. The van der Waals surface area contributed by atoms with Crippen molar-refractivity contribution in [1.29, 1.82) is 0 Å². The van der Waals surface area contributed by atoms with Crippen LogP contribution in [0.4, 0.5) is 0 Å². The molecule has 0 atom stereocenters. The number of nitrogens with zero attached hydrogens (tertiary/aromatic N) is 2. The Kier molecular flexibility index (Phi) is 6.12. The van der Waals surface area contributed by atoms with Gasteiger partial charge in [-0.2, -0.15) is 0 Å². The molecule has 1 fully saturated rings. The van der Waals surface area contributed by atoms with E-state index in [-0.39, 0.29) is 23.4 Å². The minimum Gasteiger partial charge on any atom is -0.466 e. The first-order valence-corrected chi connectivity index (χ1v) is 11.1. The summed E-state index contributed by atoms with van der Waals surface area (Å²) in [7, 11) is 0. The van der Waals surface area contributed by atoms with E-state index in [1.54, 1.807) is 28.7 Å². The van der Waals surface area contributed by atoms with Crippen LogP contribution in [0.3, 0.4) is 0 Å². The van der Waals surface area contributed by atoms with Crippen LogP contribution in [0.5, 0.6) is 0 Å². The second kappa shape index (κ2) is 8.99. The van der Waals surface area contributed by atoms with E-state index in [9.17, 15) is 14.4 Å². The number of pyridine rings is 1. The molecular weight excluding hydrogens is 404 g/mol. The summed E-state index contributed by atoms with van der Waals surface area (Å²) in [6.45, 7) is 7.16. The van der Waals surface area contributed by atoms with E-state index < -0.39 is 0 Å². The Morgan fingerprint density at radius 1 is 1.00 bits per heavy atom. The number of aromatic nitrogens is 1. The van der Waals surface area contributed by atoms with Crippen LogP contribution in [0, 0.1) is 19.8 Å². The molecule has 1 aliphatic rings. The van der Waals surface area contributed by atoms with E-state index in [1.165, 1.54) is 0 Å². The average Bonchev–Trinajstić information content (AvgIpc) is 2.81. The lowest BCUT2D eigenvalue weighted by molar-refractivity contribution is -0.149. The highest BCUT2D eigenvalue weighted by Crippen LogP contribution is 2.24. The number of esters is 1. The van der Waals surface area contributed by atoms with Gasteiger partial charge in [-0.15, -0.1) is 0 Å². The number of carbonyl (C=O) groups excluding carboxylic acids is 2. The molecule has 0 bridgehead atoms. The van der Waals surface area contributed by atoms with Crippen molar-refractivity contribution in [3.8, 4) is 5.69 Å². The fraction of sp³-hybridized carbons (Fsp3) is 0.346. The lowest BCUT2D eigenvalue weighted by atomic mass is 9.96. The Balaban J connectivity index is 1.72. The van der Waals surface area contributed by atoms with Crippen molar-refractivity contribution in [1.82, 2.24) is 9.47 Å². The summed E-state index contributed by atoms with van der Waals surface area (Å²) in [5.74, 6) is -0.477. The molecule has 0 saturated carbocycles. The number of hydrogen-bond acceptors (Lipinski definition) is 4. The molecule has 0 radical (unpaired) electrons. The Morgan fingerprint density at radius 2 is 1.69 bits per heavy atom. The Labute approximate surface area is 187 Å². The fourth-order valence-electron chi connectivity index (χ4n) is 4.28. The van der Waals surface area contributed by atoms with Gasteiger partial charge < -0.3 is 9.64 Å². The van der Waals surface area contributed by atoms with Gasteiger partial charge in [0.1, 0.15) is 0 Å². The van der Waals surface area contributed by atoms with Gasteiger partial charge in [-0.25, -0.2) is 0 Å². The molecule has 2 heterocycles. The van der Waals surface area contributed by atoms with Crippen LogP contribution >= 0.6 is 0 Å². The third kappa shape index (κ3) is 4.05. The zero-order chi connectivity index (χ0) is 22.8. The molecule has 4 rings (SSSR count). The van der Waals surface area contributed by atoms with E-state index in [0.29, 0.717) is 48.9 Å². The zero-order valence-electron chi connectivity index (χ0n) is 18.8. The number of rotatable bonds is 4. The number of fused-ring (bicyclic) bond motifs is 1. The highest BCUT2D eigenvalue weighted by molar-refractivity contribution is 6.06. The Morgan fingerprint density at radius 3 is 2.34 bits per heavy atom. The zero-order valence-corrected chi connectivity index (χ0v) is 18.8. The largest absolute Gasteiger partial charge is 0.466 e. The van der Waals surface area contributed by atoms with Crippen LogP contribution < -0.4 is 5.56 Å². The van der Waals surface area contributed by atoms with Gasteiger partial charge >= 0.3 is 5.97 Å². The molecule has 1 amide bonds. The molecule has 2 aromatic carbocycles. The average molecular weight is 433 g/mol. The van der Waals surface area contributed by atoms with E-state index in [2.05, 4.69) is 0 Å². The predicted octanol–water partition coefficient (Wildman–Crippen LogP) is 4.02. The summed E-state index contributed by atoms with van der Waals surface area (Å²) < 4.78 is 6.70. The van der Waals surface area contributed by atoms with Gasteiger partial charge in [-0.05, 0) is 62.9 Å². The van der Waals surface area contributed by atoms with E-state index >= 15 is 0 Å². The van der Waals surface area contributed by atoms with Crippen molar-refractivity contribution < 1.29 is 14.3 Å². The number of piperidine rings is 1. The van der Waals surface area contributed by atoms with E-state index in [0.717, 1.165) is 16.8 Å². The normalized spacial score (nSPS) is 14.5. The number of likely N-dealkylation sites (tertiary alicyclic amines) is 1.